The van der Waals surface area contributed by atoms with E-state index in [1.807, 2.05) is 0 Å². The van der Waals surface area contributed by atoms with Crippen LogP contribution in [0.15, 0.2) is 0 Å². The molecule has 1 N–H and O–H groups in total. The Balaban J connectivity index is 1.39. The monoisotopic (exact) mass is 221 g/mol. The second-order valence-corrected chi connectivity index (χ2v) is 6.52. The fourth-order valence-electron chi connectivity index (χ4n) is 4.40. The van der Waals surface area contributed by atoms with Gasteiger partial charge >= 0.3 is 0 Å². The van der Waals surface area contributed by atoms with Crippen LogP contribution in [0.2, 0.25) is 0 Å². The maximum absolute atomic E-state index is 5.92. The lowest BCUT2D eigenvalue weighted by molar-refractivity contribution is 0.0769. The van der Waals surface area contributed by atoms with Crippen molar-refractivity contribution in [3.8, 4) is 0 Å². The average molecular weight is 221 g/mol. The summed E-state index contributed by atoms with van der Waals surface area (Å²) in [7, 11) is 0. The molecule has 0 radical (unpaired) electrons. The predicted molar refractivity (Wildman–Crippen MR) is 63.2 cm³/mol. The van der Waals surface area contributed by atoms with Gasteiger partial charge in [0.1, 0.15) is 0 Å². The van der Waals surface area contributed by atoms with Crippen molar-refractivity contribution in [2.75, 3.05) is 6.61 Å². The van der Waals surface area contributed by atoms with Gasteiger partial charge in [0.15, 0.2) is 0 Å². The lowest BCUT2D eigenvalue weighted by Crippen LogP contribution is -2.46. The van der Waals surface area contributed by atoms with Gasteiger partial charge in [0, 0.05) is 18.7 Å². The van der Waals surface area contributed by atoms with E-state index in [1.165, 1.54) is 44.9 Å². The number of nitrogens with one attached hydrogen (secondary N) is 1. The molecular formula is C14H23NO. The molecule has 90 valence electrons. The molecule has 4 aliphatic rings. The van der Waals surface area contributed by atoms with Gasteiger partial charge in [-0.2, -0.15) is 0 Å². The Kier molecular flexibility index (Phi) is 2.29. The zero-order chi connectivity index (χ0) is 10.5. The summed E-state index contributed by atoms with van der Waals surface area (Å²) < 4.78 is 5.92. The normalized spacial score (nSPS) is 51.4. The molecule has 0 aromatic carbocycles. The second kappa shape index (κ2) is 3.71. The third-order valence-corrected chi connectivity index (χ3v) is 5.39. The highest BCUT2D eigenvalue weighted by molar-refractivity contribution is 4.99. The van der Waals surface area contributed by atoms with E-state index in [1.54, 1.807) is 0 Å². The van der Waals surface area contributed by atoms with E-state index in [0.717, 1.165) is 30.4 Å². The summed E-state index contributed by atoms with van der Waals surface area (Å²) in [5, 5.41) is 3.96. The van der Waals surface area contributed by atoms with Crippen LogP contribution in [0.5, 0.6) is 0 Å². The molecule has 1 heterocycles. The molecule has 3 saturated carbocycles. The SMILES string of the molecule is C1CC(NC2CC3CCC2C3)C(C2CC2)O1. The first-order chi connectivity index (χ1) is 7.90. The van der Waals surface area contributed by atoms with Crippen molar-refractivity contribution in [1.82, 2.24) is 5.32 Å². The zero-order valence-corrected chi connectivity index (χ0v) is 10.0. The molecule has 3 aliphatic carbocycles. The molecule has 2 bridgehead atoms. The Bertz CT molecular complexity index is 276. The van der Waals surface area contributed by atoms with Crippen LogP contribution in [0.3, 0.4) is 0 Å². The molecule has 4 fully saturated rings. The molecule has 1 saturated heterocycles. The van der Waals surface area contributed by atoms with Gasteiger partial charge in [-0.3, -0.25) is 0 Å². The average Bonchev–Trinajstić information content (AvgIpc) is 2.76. The fraction of sp³-hybridized carbons (Fsp3) is 1.00. The Morgan fingerprint density at radius 2 is 1.69 bits per heavy atom. The quantitative estimate of drug-likeness (QED) is 0.790. The molecule has 0 amide bonds. The van der Waals surface area contributed by atoms with Crippen molar-refractivity contribution in [3.63, 3.8) is 0 Å². The van der Waals surface area contributed by atoms with E-state index < -0.39 is 0 Å². The first-order valence-corrected chi connectivity index (χ1v) is 7.28. The van der Waals surface area contributed by atoms with Crippen LogP contribution in [-0.2, 0) is 4.74 Å². The molecule has 2 heteroatoms. The van der Waals surface area contributed by atoms with Crippen LogP contribution < -0.4 is 5.32 Å². The molecule has 0 aromatic rings. The van der Waals surface area contributed by atoms with E-state index in [0.29, 0.717) is 12.1 Å². The molecule has 4 rings (SSSR count). The maximum Gasteiger partial charge on any atom is 0.0757 e. The van der Waals surface area contributed by atoms with Gasteiger partial charge in [0.25, 0.3) is 0 Å². The number of hydrogen-bond acceptors (Lipinski definition) is 2. The lowest BCUT2D eigenvalue weighted by Gasteiger charge is -2.29. The summed E-state index contributed by atoms with van der Waals surface area (Å²) in [6.07, 6.45) is 10.6. The van der Waals surface area contributed by atoms with Crippen LogP contribution in [0, 0.1) is 17.8 Å². The third kappa shape index (κ3) is 1.62. The second-order valence-electron chi connectivity index (χ2n) is 6.52. The molecular weight excluding hydrogens is 198 g/mol. The Morgan fingerprint density at radius 1 is 0.812 bits per heavy atom. The summed E-state index contributed by atoms with van der Waals surface area (Å²) in [5.74, 6) is 2.97. The fourth-order valence-corrected chi connectivity index (χ4v) is 4.40. The topological polar surface area (TPSA) is 21.3 Å². The van der Waals surface area contributed by atoms with E-state index in [4.69, 9.17) is 4.74 Å². The standard InChI is InChI=1S/C14H23NO/c1-2-11-7-9(1)8-13(11)15-12-5-6-16-14(12)10-3-4-10/h9-15H,1-8H2. The third-order valence-electron chi connectivity index (χ3n) is 5.39. The summed E-state index contributed by atoms with van der Waals surface area (Å²) in [5.41, 5.74) is 0. The molecule has 2 nitrogen and oxygen atoms in total. The van der Waals surface area contributed by atoms with Crippen LogP contribution >= 0.6 is 0 Å². The maximum atomic E-state index is 5.92. The summed E-state index contributed by atoms with van der Waals surface area (Å²) >= 11 is 0. The zero-order valence-electron chi connectivity index (χ0n) is 10.0. The van der Waals surface area contributed by atoms with E-state index in [9.17, 15) is 0 Å². The summed E-state index contributed by atoms with van der Waals surface area (Å²) in [6, 6.07) is 1.53. The highest BCUT2D eigenvalue weighted by Crippen LogP contribution is 2.45. The van der Waals surface area contributed by atoms with E-state index in [2.05, 4.69) is 5.32 Å². The molecule has 5 unspecified atom stereocenters. The smallest absolute Gasteiger partial charge is 0.0757 e. The van der Waals surface area contributed by atoms with Gasteiger partial charge < -0.3 is 10.1 Å². The van der Waals surface area contributed by atoms with Crippen LogP contribution in [0.1, 0.15) is 44.9 Å². The van der Waals surface area contributed by atoms with Crippen molar-refractivity contribution in [3.05, 3.63) is 0 Å². The minimum absolute atomic E-state index is 0.569. The first kappa shape index (κ1) is 9.90. The molecule has 0 spiro atoms. The largest absolute Gasteiger partial charge is 0.376 e. The minimum atomic E-state index is 0.569. The Labute approximate surface area is 98.1 Å². The number of rotatable bonds is 3. The van der Waals surface area contributed by atoms with Gasteiger partial charge in [-0.15, -0.1) is 0 Å². The van der Waals surface area contributed by atoms with E-state index in [-0.39, 0.29) is 0 Å². The minimum Gasteiger partial charge on any atom is -0.376 e. The van der Waals surface area contributed by atoms with Gasteiger partial charge in [0.2, 0.25) is 0 Å². The number of ether oxygens (including phenoxy) is 1. The molecule has 16 heavy (non-hydrogen) atoms. The molecule has 5 atom stereocenters. The summed E-state index contributed by atoms with van der Waals surface area (Å²) in [4.78, 5) is 0. The first-order valence-electron chi connectivity index (χ1n) is 7.28. The molecule has 0 aromatic heterocycles. The van der Waals surface area contributed by atoms with Crippen molar-refractivity contribution >= 4 is 0 Å². The highest BCUT2D eigenvalue weighted by Gasteiger charge is 2.45. The van der Waals surface area contributed by atoms with Crippen molar-refractivity contribution in [2.45, 2.75) is 63.1 Å². The van der Waals surface area contributed by atoms with Crippen LogP contribution in [0.25, 0.3) is 0 Å². The Morgan fingerprint density at radius 3 is 2.38 bits per heavy atom. The Hall–Kier alpha value is -0.0800. The van der Waals surface area contributed by atoms with Crippen LogP contribution in [-0.4, -0.2) is 24.8 Å². The van der Waals surface area contributed by atoms with Crippen LogP contribution in [0.4, 0.5) is 0 Å². The van der Waals surface area contributed by atoms with Crippen molar-refractivity contribution in [2.24, 2.45) is 17.8 Å². The van der Waals surface area contributed by atoms with Gasteiger partial charge in [-0.25, -0.2) is 0 Å². The van der Waals surface area contributed by atoms with E-state index >= 15 is 0 Å². The number of hydrogen-bond donors (Lipinski definition) is 1. The molecule has 1 aliphatic heterocycles. The summed E-state index contributed by atoms with van der Waals surface area (Å²) in [6.45, 7) is 1.000. The predicted octanol–water partition coefficient (Wildman–Crippen LogP) is 2.33. The van der Waals surface area contributed by atoms with Gasteiger partial charge in [-0.1, -0.05) is 6.42 Å². The highest BCUT2D eigenvalue weighted by atomic mass is 16.5. The van der Waals surface area contributed by atoms with Gasteiger partial charge in [0.05, 0.1) is 6.10 Å². The van der Waals surface area contributed by atoms with Gasteiger partial charge in [-0.05, 0) is 56.3 Å². The number of fused-ring (bicyclic) bond motifs is 2. The van der Waals surface area contributed by atoms with Crippen molar-refractivity contribution in [1.29, 1.82) is 0 Å². The lowest BCUT2D eigenvalue weighted by atomic mass is 9.93. The van der Waals surface area contributed by atoms with Crippen molar-refractivity contribution < 1.29 is 4.74 Å².